The molecule has 0 spiro atoms. The molecule has 0 unspecified atom stereocenters. The summed E-state index contributed by atoms with van der Waals surface area (Å²) in [5.74, 6) is -1.01. The minimum atomic E-state index is -2.21. The fourth-order valence-corrected chi connectivity index (χ4v) is 2.68. The highest BCUT2D eigenvalue weighted by molar-refractivity contribution is 6.74. The standard InChI is InChI=1S/C15H22ClFNO2Si/c1-15(2,3)21(4,5)20-14-11(16)8-6-10(13(14)17)7-9-12(18)19/h6-8H,9H2,1-5H3,(H2,18,19). The summed E-state index contributed by atoms with van der Waals surface area (Å²) in [6, 6.07) is 3.08. The summed E-state index contributed by atoms with van der Waals surface area (Å²) in [7, 11) is -2.21. The molecule has 21 heavy (non-hydrogen) atoms. The Morgan fingerprint density at radius 1 is 1.43 bits per heavy atom. The zero-order valence-corrected chi connectivity index (χ0v) is 14.8. The predicted octanol–water partition coefficient (Wildman–Crippen LogP) is 4.29. The van der Waals surface area contributed by atoms with Gasteiger partial charge in [-0.1, -0.05) is 38.4 Å². The van der Waals surface area contributed by atoms with E-state index < -0.39 is 20.0 Å². The van der Waals surface area contributed by atoms with Crippen LogP contribution in [0.25, 0.3) is 0 Å². The number of carbonyl (C=O) groups excluding carboxylic acids is 1. The van der Waals surface area contributed by atoms with E-state index in [9.17, 15) is 9.18 Å². The van der Waals surface area contributed by atoms with Crippen LogP contribution in [0.5, 0.6) is 5.75 Å². The second kappa shape index (κ2) is 6.36. The van der Waals surface area contributed by atoms with E-state index in [1.165, 1.54) is 12.5 Å². The number of carbonyl (C=O) groups is 1. The van der Waals surface area contributed by atoms with Gasteiger partial charge in [0.2, 0.25) is 5.91 Å². The van der Waals surface area contributed by atoms with Gasteiger partial charge < -0.3 is 10.2 Å². The number of nitrogens with two attached hydrogens (primary N) is 1. The van der Waals surface area contributed by atoms with Gasteiger partial charge in [-0.05, 0) is 29.8 Å². The van der Waals surface area contributed by atoms with Crippen LogP contribution in [0.3, 0.4) is 0 Å². The third kappa shape index (κ3) is 4.45. The van der Waals surface area contributed by atoms with E-state index in [1.807, 2.05) is 13.1 Å². The Morgan fingerprint density at radius 3 is 2.48 bits per heavy atom. The Kier molecular flexibility index (Phi) is 5.44. The van der Waals surface area contributed by atoms with Gasteiger partial charge >= 0.3 is 0 Å². The molecule has 6 heteroatoms. The number of amides is 1. The van der Waals surface area contributed by atoms with Gasteiger partial charge in [0.25, 0.3) is 8.32 Å². The molecule has 0 bridgehead atoms. The van der Waals surface area contributed by atoms with Crippen molar-refractivity contribution < 1.29 is 13.6 Å². The Balaban J connectivity index is 3.12. The van der Waals surface area contributed by atoms with E-state index in [2.05, 4.69) is 20.8 Å². The molecule has 1 radical (unpaired) electrons. The van der Waals surface area contributed by atoms with Crippen LogP contribution < -0.4 is 10.2 Å². The maximum Gasteiger partial charge on any atom is 0.250 e. The zero-order valence-electron chi connectivity index (χ0n) is 13.1. The first-order valence-corrected chi connectivity index (χ1v) is 10.0. The van der Waals surface area contributed by atoms with Crippen molar-refractivity contribution in [2.45, 2.75) is 45.3 Å². The van der Waals surface area contributed by atoms with E-state index in [1.54, 1.807) is 6.07 Å². The molecule has 0 fully saturated rings. The Hall–Kier alpha value is -1.07. The molecule has 0 aliphatic heterocycles. The van der Waals surface area contributed by atoms with Crippen molar-refractivity contribution in [2.75, 3.05) is 0 Å². The van der Waals surface area contributed by atoms with Crippen LogP contribution in [-0.2, 0) is 4.79 Å². The normalized spacial score (nSPS) is 12.3. The lowest BCUT2D eigenvalue weighted by Gasteiger charge is -2.36. The summed E-state index contributed by atoms with van der Waals surface area (Å²) in [4.78, 5) is 10.8. The highest BCUT2D eigenvalue weighted by atomic mass is 35.5. The number of halogens is 2. The smallest absolute Gasteiger partial charge is 0.250 e. The summed E-state index contributed by atoms with van der Waals surface area (Å²) < 4.78 is 20.5. The average molecular weight is 331 g/mol. The van der Waals surface area contributed by atoms with Crippen molar-refractivity contribution in [2.24, 2.45) is 5.73 Å². The molecule has 117 valence electrons. The topological polar surface area (TPSA) is 52.3 Å². The van der Waals surface area contributed by atoms with Crippen LogP contribution in [0.1, 0.15) is 32.8 Å². The Morgan fingerprint density at radius 2 is 2.00 bits per heavy atom. The van der Waals surface area contributed by atoms with E-state index in [-0.39, 0.29) is 27.8 Å². The van der Waals surface area contributed by atoms with E-state index in [4.69, 9.17) is 21.8 Å². The molecule has 0 aliphatic rings. The monoisotopic (exact) mass is 330 g/mol. The molecular weight excluding hydrogens is 309 g/mol. The van der Waals surface area contributed by atoms with E-state index in [0.29, 0.717) is 0 Å². The number of rotatable bonds is 5. The first kappa shape index (κ1) is 18.0. The largest absolute Gasteiger partial charge is 0.541 e. The Bertz CT molecular complexity index is 541. The quantitative estimate of drug-likeness (QED) is 0.819. The third-order valence-electron chi connectivity index (χ3n) is 3.77. The van der Waals surface area contributed by atoms with Crippen molar-refractivity contribution in [3.05, 3.63) is 35.0 Å². The molecular formula is C15H22ClFNO2Si. The van der Waals surface area contributed by atoms with Crippen LogP contribution in [-0.4, -0.2) is 14.2 Å². The molecule has 1 aromatic carbocycles. The number of hydrogen-bond donors (Lipinski definition) is 1. The summed E-state index contributed by atoms with van der Waals surface area (Å²) in [6.07, 6.45) is 1.41. The maximum atomic E-state index is 14.5. The minimum Gasteiger partial charge on any atom is -0.541 e. The first-order chi connectivity index (χ1) is 9.45. The van der Waals surface area contributed by atoms with Gasteiger partial charge in [-0.2, -0.15) is 0 Å². The molecule has 0 saturated heterocycles. The van der Waals surface area contributed by atoms with E-state index >= 15 is 0 Å². The molecule has 1 rings (SSSR count). The SMILES string of the molecule is CC(C)(C)[Si](C)(C)Oc1c(Cl)ccc([CH]CC(N)=O)c1F. The van der Waals surface area contributed by atoms with Crippen molar-refractivity contribution in [3.63, 3.8) is 0 Å². The van der Waals surface area contributed by atoms with Crippen molar-refractivity contribution in [1.82, 2.24) is 0 Å². The number of benzene rings is 1. The highest BCUT2D eigenvalue weighted by Gasteiger charge is 2.40. The van der Waals surface area contributed by atoms with Gasteiger partial charge in [-0.25, -0.2) is 4.39 Å². The fraction of sp³-hybridized carbons (Fsp3) is 0.467. The average Bonchev–Trinajstić information content (AvgIpc) is 2.32. The van der Waals surface area contributed by atoms with Gasteiger partial charge in [-0.3, -0.25) is 4.79 Å². The van der Waals surface area contributed by atoms with Crippen LogP contribution >= 0.6 is 11.6 Å². The van der Waals surface area contributed by atoms with Crippen molar-refractivity contribution in [3.8, 4) is 5.75 Å². The summed E-state index contributed by atoms with van der Waals surface area (Å²) in [6.45, 7) is 10.2. The fourth-order valence-electron chi connectivity index (χ4n) is 1.42. The van der Waals surface area contributed by atoms with E-state index in [0.717, 1.165) is 0 Å². The predicted molar refractivity (Wildman–Crippen MR) is 86.4 cm³/mol. The zero-order chi connectivity index (χ0) is 16.4. The molecule has 0 heterocycles. The second-order valence-electron chi connectivity index (χ2n) is 6.52. The second-order valence-corrected chi connectivity index (χ2v) is 11.6. The lowest BCUT2D eigenvalue weighted by atomic mass is 10.1. The molecule has 1 aromatic rings. The highest BCUT2D eigenvalue weighted by Crippen LogP contribution is 2.40. The molecule has 0 saturated carbocycles. The molecule has 0 atom stereocenters. The lowest BCUT2D eigenvalue weighted by molar-refractivity contribution is -0.117. The van der Waals surface area contributed by atoms with Gasteiger partial charge in [-0.15, -0.1) is 0 Å². The Labute approximate surface area is 131 Å². The van der Waals surface area contributed by atoms with Gasteiger partial charge in [0.05, 0.1) is 5.02 Å². The molecule has 0 aromatic heterocycles. The molecule has 1 amide bonds. The van der Waals surface area contributed by atoms with Gasteiger partial charge in [0, 0.05) is 12.8 Å². The number of hydrogen-bond acceptors (Lipinski definition) is 2. The first-order valence-electron chi connectivity index (χ1n) is 6.74. The molecule has 3 nitrogen and oxygen atoms in total. The van der Waals surface area contributed by atoms with Crippen molar-refractivity contribution in [1.29, 1.82) is 0 Å². The molecule has 2 N–H and O–H groups in total. The van der Waals surface area contributed by atoms with Crippen LogP contribution in [0, 0.1) is 12.2 Å². The lowest BCUT2D eigenvalue weighted by Crippen LogP contribution is -2.44. The van der Waals surface area contributed by atoms with Crippen LogP contribution in [0.2, 0.25) is 23.2 Å². The third-order valence-corrected chi connectivity index (χ3v) is 8.39. The molecule has 0 aliphatic carbocycles. The number of primary amides is 1. The summed E-state index contributed by atoms with van der Waals surface area (Å²) in [5.41, 5.74) is 5.34. The van der Waals surface area contributed by atoms with Gasteiger partial charge in [0.1, 0.15) is 0 Å². The maximum absolute atomic E-state index is 14.5. The summed E-state index contributed by atoms with van der Waals surface area (Å²) in [5, 5.41) is 0.156. The van der Waals surface area contributed by atoms with Gasteiger partial charge in [0.15, 0.2) is 11.6 Å². The minimum absolute atomic E-state index is 0.0297. The van der Waals surface area contributed by atoms with Crippen molar-refractivity contribution >= 4 is 25.8 Å². The summed E-state index contributed by atoms with van der Waals surface area (Å²) >= 11 is 6.07. The van der Waals surface area contributed by atoms with Crippen LogP contribution in [0.4, 0.5) is 4.39 Å². The van der Waals surface area contributed by atoms with Crippen LogP contribution in [0.15, 0.2) is 12.1 Å².